The largest absolute Gasteiger partial charge is 0.394 e. The highest BCUT2D eigenvalue weighted by molar-refractivity contribution is 7.84. The van der Waals surface area contributed by atoms with E-state index in [1.807, 2.05) is 0 Å². The highest BCUT2D eigenvalue weighted by Crippen LogP contribution is 2.39. The van der Waals surface area contributed by atoms with Gasteiger partial charge in [0.25, 0.3) is 5.56 Å². The molecule has 0 saturated carbocycles. The number of carbonyl (C=O) groups excluding carboxylic acids is 1. The van der Waals surface area contributed by atoms with Crippen molar-refractivity contribution in [3.05, 3.63) is 35.5 Å². The number of aliphatic hydroxyl groups is 1. The molecule has 0 aliphatic carbocycles. The van der Waals surface area contributed by atoms with E-state index in [0.717, 1.165) is 0 Å². The minimum Gasteiger partial charge on any atom is -0.394 e. The topological polar surface area (TPSA) is 277 Å². The number of ether oxygens (including phenoxy) is 2. The molecule has 8 atom stereocenters. The summed E-state index contributed by atoms with van der Waals surface area (Å²) in [6, 6.07) is 0. The Bertz CT molecular complexity index is 2010. The molecule has 2 fully saturated rings. The number of fused-ring (bicyclic) bond motifs is 2. The van der Waals surface area contributed by atoms with Crippen molar-refractivity contribution in [3.63, 3.8) is 0 Å². The number of rotatable bonds is 12. The van der Waals surface area contributed by atoms with E-state index < -0.39 is 92.1 Å². The Balaban J connectivity index is 1.21. The molecule has 4 aromatic rings. The molecule has 6 heterocycles. The van der Waals surface area contributed by atoms with Gasteiger partial charge in [-0.25, -0.2) is 28.5 Å². The lowest BCUT2D eigenvalue weighted by Gasteiger charge is -2.22. The van der Waals surface area contributed by atoms with E-state index in [1.54, 1.807) is 13.8 Å². The first-order chi connectivity index (χ1) is 22.8. The molecule has 0 radical (unpaired) electrons. The molecule has 2 aliphatic heterocycles. The molecule has 48 heavy (non-hydrogen) atoms. The molecular weight excluding hydrogens is 686 g/mol. The van der Waals surface area contributed by atoms with Crippen LogP contribution in [0.2, 0.25) is 0 Å². The summed E-state index contributed by atoms with van der Waals surface area (Å²) >= 11 is 0. The summed E-state index contributed by atoms with van der Waals surface area (Å²) in [6.45, 7) is 2.11. The number of H-pyrrole nitrogens is 1. The Morgan fingerprint density at radius 3 is 2.69 bits per heavy atom. The summed E-state index contributed by atoms with van der Waals surface area (Å²) in [7, 11) is -8.39. The number of nitrogens with one attached hydrogen (secondary N) is 3. The number of halogens is 1. The third kappa shape index (κ3) is 6.86. The SMILES string of the molecule is CC(C)C(=O)Nc1nc2c(ncn2[C@@H]2O[C@H](CO)C[C@H]2OS(=O)(=O)NC[C@H]2O[C@H](n3cnc4cncnc43)[C@H](F)[C@@H]2O[PH](=O)O)c(=O)[nH]1. The number of hydrogen-bond acceptors (Lipinski definition) is 15. The normalized spacial score (nSPS) is 26.9. The smallest absolute Gasteiger partial charge is 0.336 e. The maximum absolute atomic E-state index is 15.6. The minimum absolute atomic E-state index is 0.0729. The maximum Gasteiger partial charge on any atom is 0.336 e. The second kappa shape index (κ2) is 13.6. The van der Waals surface area contributed by atoms with Crippen LogP contribution >= 0.6 is 8.25 Å². The van der Waals surface area contributed by atoms with E-state index in [2.05, 4.69) is 39.9 Å². The van der Waals surface area contributed by atoms with Crippen LogP contribution in [-0.4, -0.2) is 107 Å². The van der Waals surface area contributed by atoms with Gasteiger partial charge in [0.15, 0.2) is 35.4 Å². The second-order valence-electron chi connectivity index (χ2n) is 11.1. The third-order valence-corrected chi connectivity index (χ3v) is 9.04. The van der Waals surface area contributed by atoms with Crippen LogP contribution in [0.3, 0.4) is 0 Å². The van der Waals surface area contributed by atoms with Crippen LogP contribution in [-0.2, 0) is 37.8 Å². The van der Waals surface area contributed by atoms with E-state index in [-0.39, 0.29) is 29.2 Å². The highest BCUT2D eigenvalue weighted by atomic mass is 32.2. The van der Waals surface area contributed by atoms with E-state index in [1.165, 1.54) is 34.3 Å². The lowest BCUT2D eigenvalue weighted by molar-refractivity contribution is -0.118. The third-order valence-electron chi connectivity index (χ3n) is 7.55. The lowest BCUT2D eigenvalue weighted by Crippen LogP contribution is -2.41. The Kier molecular flexibility index (Phi) is 9.66. The van der Waals surface area contributed by atoms with Gasteiger partial charge in [-0.15, -0.1) is 0 Å². The molecule has 21 nitrogen and oxygen atoms in total. The second-order valence-corrected chi connectivity index (χ2v) is 13.3. The van der Waals surface area contributed by atoms with Gasteiger partial charge in [-0.05, 0) is 0 Å². The van der Waals surface area contributed by atoms with Crippen molar-refractivity contribution in [2.75, 3.05) is 18.5 Å². The fourth-order valence-corrected chi connectivity index (χ4v) is 6.74. The molecule has 24 heteroatoms. The number of carbonyl (C=O) groups is 1. The molecule has 6 rings (SSSR count). The van der Waals surface area contributed by atoms with Gasteiger partial charge in [0.05, 0.1) is 31.6 Å². The molecule has 1 unspecified atom stereocenters. The van der Waals surface area contributed by atoms with Crippen molar-refractivity contribution in [2.45, 2.75) is 63.3 Å². The van der Waals surface area contributed by atoms with E-state index in [9.17, 15) is 32.6 Å². The number of nitrogens with zero attached hydrogens (tertiary/aromatic N) is 7. The quantitative estimate of drug-likeness (QED) is 0.111. The molecule has 2 aliphatic rings. The van der Waals surface area contributed by atoms with Gasteiger partial charge >= 0.3 is 18.6 Å². The number of hydrogen-bond donors (Lipinski definition) is 5. The van der Waals surface area contributed by atoms with Crippen molar-refractivity contribution in [1.29, 1.82) is 0 Å². The van der Waals surface area contributed by atoms with Gasteiger partial charge in [-0.3, -0.25) is 33.6 Å². The van der Waals surface area contributed by atoms with Crippen molar-refractivity contribution >= 4 is 52.7 Å². The molecule has 4 aromatic heterocycles. The number of aliphatic hydroxyl groups excluding tert-OH is 1. The Morgan fingerprint density at radius 1 is 1.21 bits per heavy atom. The maximum atomic E-state index is 15.6. The Hall–Kier alpha value is -3.80. The number of aromatic amines is 1. The first-order valence-electron chi connectivity index (χ1n) is 14.4. The zero-order valence-electron chi connectivity index (χ0n) is 25.0. The molecule has 1 amide bonds. The van der Waals surface area contributed by atoms with Crippen LogP contribution < -0.4 is 15.6 Å². The van der Waals surface area contributed by atoms with Crippen molar-refractivity contribution in [1.82, 2.24) is 43.8 Å². The number of anilines is 1. The summed E-state index contributed by atoms with van der Waals surface area (Å²) in [5, 5.41) is 12.3. The molecule has 0 spiro atoms. The molecule has 260 valence electrons. The van der Waals surface area contributed by atoms with Crippen LogP contribution in [0, 0.1) is 5.92 Å². The fourth-order valence-electron chi connectivity index (χ4n) is 5.29. The average Bonchev–Trinajstić information content (AvgIpc) is 3.81. The zero-order chi connectivity index (χ0) is 34.3. The zero-order valence-corrected chi connectivity index (χ0v) is 26.9. The summed E-state index contributed by atoms with van der Waals surface area (Å²) in [6.07, 6.45) is -5.23. The van der Waals surface area contributed by atoms with Crippen LogP contribution in [0.4, 0.5) is 10.3 Å². The Morgan fingerprint density at radius 2 is 1.96 bits per heavy atom. The van der Waals surface area contributed by atoms with E-state index in [0.29, 0.717) is 5.52 Å². The summed E-state index contributed by atoms with van der Waals surface area (Å²) < 4.78 is 80.0. The van der Waals surface area contributed by atoms with Crippen molar-refractivity contribution in [3.8, 4) is 0 Å². The fraction of sp³-hybridized carbons (Fsp3) is 0.542. The summed E-state index contributed by atoms with van der Waals surface area (Å²) in [5.41, 5.74) is -0.401. The van der Waals surface area contributed by atoms with Crippen LogP contribution in [0.25, 0.3) is 22.3 Å². The van der Waals surface area contributed by atoms with E-state index in [4.69, 9.17) is 18.2 Å². The van der Waals surface area contributed by atoms with E-state index >= 15 is 4.39 Å². The molecule has 2 saturated heterocycles. The van der Waals surface area contributed by atoms with Gasteiger partial charge in [-0.2, -0.15) is 18.1 Å². The number of aromatic nitrogens is 8. The van der Waals surface area contributed by atoms with Crippen LogP contribution in [0.1, 0.15) is 32.7 Å². The van der Waals surface area contributed by atoms with Crippen molar-refractivity contribution in [2.24, 2.45) is 5.92 Å². The molecule has 0 aromatic carbocycles. The van der Waals surface area contributed by atoms with Gasteiger partial charge in [0, 0.05) is 18.9 Å². The predicted octanol–water partition coefficient (Wildman–Crippen LogP) is -0.944. The monoisotopic (exact) mass is 716 g/mol. The summed E-state index contributed by atoms with van der Waals surface area (Å²) in [4.78, 5) is 56.9. The molecule has 5 N–H and O–H groups in total. The number of alkyl halides is 1. The minimum atomic E-state index is -4.70. The van der Waals surface area contributed by atoms with Gasteiger partial charge in [-0.1, -0.05) is 13.8 Å². The van der Waals surface area contributed by atoms with Crippen molar-refractivity contribution < 1.29 is 50.3 Å². The average molecular weight is 717 g/mol. The summed E-state index contributed by atoms with van der Waals surface area (Å²) in [5.74, 6) is -1.04. The van der Waals surface area contributed by atoms with Gasteiger partial charge in [0.2, 0.25) is 11.9 Å². The number of amides is 1. The molecular formula is C24H30FN10O11PS. The van der Waals surface area contributed by atoms with Gasteiger partial charge in [0.1, 0.15) is 30.2 Å². The van der Waals surface area contributed by atoms with Crippen LogP contribution in [0.15, 0.2) is 30.0 Å². The standard InChI is InChI=1S/C24H30FN10O11PS/c1-10(2)20(37)32-24-31-19-16(21(38)33-24)29-9-35(19)22-13(3-11(6-36)43-22)46-48(41,42)30-5-14-17(45-47(39)40)15(25)23(44-14)34-8-28-12-4-26-7-27-18(12)34/h4,7-11,13-15,17,22-23,30,36,47H,3,5-6H2,1-2H3,(H,39,40)(H2,31,32,33,37,38)/t11-,13+,14+,15+,17+,22+,23-/m0/s1. The predicted molar refractivity (Wildman–Crippen MR) is 159 cm³/mol. The Labute approximate surface area is 270 Å². The first-order valence-corrected chi connectivity index (χ1v) is 17.1. The highest BCUT2D eigenvalue weighted by Gasteiger charge is 2.49. The lowest BCUT2D eigenvalue weighted by atomic mass is 10.1. The van der Waals surface area contributed by atoms with Gasteiger partial charge < -0.3 is 24.0 Å². The molecule has 0 bridgehead atoms. The number of imidazole rings is 2. The first kappa shape index (κ1) is 34.1. The van der Waals surface area contributed by atoms with Crippen LogP contribution in [0.5, 0.6) is 0 Å².